The van der Waals surface area contributed by atoms with Crippen molar-refractivity contribution in [1.82, 2.24) is 4.57 Å². The number of hydrogen-bond acceptors (Lipinski definition) is 3. The lowest BCUT2D eigenvalue weighted by Gasteiger charge is -2.17. The minimum Gasteiger partial charge on any atom is -0.485 e. The topological polar surface area (TPSA) is 60.3 Å². The summed E-state index contributed by atoms with van der Waals surface area (Å²) < 4.78 is 7.30. The first-order chi connectivity index (χ1) is 10.1. The highest BCUT2D eigenvalue weighted by Crippen LogP contribution is 2.27. The molecule has 1 aliphatic rings. The van der Waals surface area contributed by atoms with E-state index in [0.717, 1.165) is 17.7 Å². The molecule has 3 rings (SSSR count). The molecule has 5 nitrogen and oxygen atoms in total. The number of aromatic nitrogens is 1. The van der Waals surface area contributed by atoms with Gasteiger partial charge in [-0.15, -0.1) is 0 Å². The average Bonchev–Trinajstić information content (AvgIpc) is 2.90. The highest BCUT2D eigenvalue weighted by atomic mass is 16.5. The Hall–Kier alpha value is -2.56. The molecule has 2 aromatic rings. The molecule has 108 valence electrons. The van der Waals surface area contributed by atoms with E-state index in [1.165, 1.54) is 0 Å². The van der Waals surface area contributed by atoms with Crippen molar-refractivity contribution in [2.45, 2.75) is 12.8 Å². The largest absolute Gasteiger partial charge is 0.485 e. The molecule has 0 radical (unpaired) electrons. The molecule has 21 heavy (non-hydrogen) atoms. The Bertz CT molecular complexity index is 703. The second kappa shape index (κ2) is 5.44. The Kier molecular flexibility index (Phi) is 3.48. The molecular formula is C16H16N2O3. The van der Waals surface area contributed by atoms with Gasteiger partial charge in [0.15, 0.2) is 6.61 Å². The number of anilines is 1. The van der Waals surface area contributed by atoms with Crippen LogP contribution in [0.1, 0.15) is 22.5 Å². The van der Waals surface area contributed by atoms with Gasteiger partial charge in [0.2, 0.25) is 11.7 Å². The number of hydrogen-bond donors (Lipinski definition) is 1. The van der Waals surface area contributed by atoms with Gasteiger partial charge in [-0.3, -0.25) is 9.59 Å². The maximum atomic E-state index is 12.0. The van der Waals surface area contributed by atoms with Gasteiger partial charge in [0.25, 0.3) is 0 Å². The summed E-state index contributed by atoms with van der Waals surface area (Å²) in [5.41, 5.74) is 2.48. The van der Waals surface area contributed by atoms with Crippen LogP contribution in [-0.2, 0) is 18.3 Å². The second-order valence-corrected chi connectivity index (χ2v) is 5.08. The fourth-order valence-electron chi connectivity index (χ4n) is 2.41. The predicted molar refractivity (Wildman–Crippen MR) is 78.6 cm³/mol. The number of carbonyl (C=O) groups excluding carboxylic acids is 2. The number of nitrogens with zero attached hydrogens (tertiary/aromatic N) is 1. The maximum absolute atomic E-state index is 12.0. The predicted octanol–water partition coefficient (Wildman–Crippen LogP) is 2.17. The molecule has 1 aromatic carbocycles. The van der Waals surface area contributed by atoms with Crippen LogP contribution in [0.25, 0.3) is 0 Å². The van der Waals surface area contributed by atoms with Crippen molar-refractivity contribution < 1.29 is 14.3 Å². The van der Waals surface area contributed by atoms with Crippen LogP contribution >= 0.6 is 0 Å². The molecule has 1 aromatic heterocycles. The van der Waals surface area contributed by atoms with Crippen molar-refractivity contribution in [2.75, 3.05) is 11.9 Å². The standard InChI is InChI=1S/C16H16N2O3/c1-18-8-2-3-14(18)15(19)10-21-12-6-4-11-5-7-16(20)17-13(11)9-12/h2-4,6,8-9H,5,7,10H2,1H3,(H,17,20). The molecule has 0 saturated carbocycles. The minimum absolute atomic E-state index is 0.0135. The molecular weight excluding hydrogens is 268 g/mol. The second-order valence-electron chi connectivity index (χ2n) is 5.08. The van der Waals surface area contributed by atoms with Gasteiger partial charge in [-0.1, -0.05) is 6.07 Å². The molecule has 1 aliphatic heterocycles. The van der Waals surface area contributed by atoms with Gasteiger partial charge in [-0.05, 0) is 30.2 Å². The van der Waals surface area contributed by atoms with Crippen molar-refractivity contribution >= 4 is 17.4 Å². The molecule has 0 fully saturated rings. The number of amides is 1. The number of benzene rings is 1. The number of ether oxygens (including phenoxy) is 1. The normalized spacial score (nSPS) is 13.5. The van der Waals surface area contributed by atoms with E-state index in [1.54, 1.807) is 16.7 Å². The number of carbonyl (C=O) groups is 2. The lowest BCUT2D eigenvalue weighted by atomic mass is 10.0. The lowest BCUT2D eigenvalue weighted by Crippen LogP contribution is -2.19. The summed E-state index contributed by atoms with van der Waals surface area (Å²) in [5, 5.41) is 2.82. The van der Waals surface area contributed by atoms with Gasteiger partial charge in [0, 0.05) is 31.4 Å². The fourth-order valence-corrected chi connectivity index (χ4v) is 2.41. The number of fused-ring (bicyclic) bond motifs is 1. The first-order valence-corrected chi connectivity index (χ1v) is 6.83. The van der Waals surface area contributed by atoms with Crippen LogP contribution in [0.5, 0.6) is 5.75 Å². The summed E-state index contributed by atoms with van der Waals surface area (Å²) in [6.07, 6.45) is 3.07. The smallest absolute Gasteiger partial charge is 0.224 e. The third-order valence-electron chi connectivity index (χ3n) is 3.58. The van der Waals surface area contributed by atoms with Gasteiger partial charge in [0.05, 0.1) is 5.69 Å². The van der Waals surface area contributed by atoms with Gasteiger partial charge in [-0.25, -0.2) is 0 Å². The zero-order chi connectivity index (χ0) is 14.8. The molecule has 0 atom stereocenters. The van der Waals surface area contributed by atoms with Crippen LogP contribution < -0.4 is 10.1 Å². The van der Waals surface area contributed by atoms with E-state index >= 15 is 0 Å². The Balaban J connectivity index is 1.69. The van der Waals surface area contributed by atoms with Crippen LogP contribution in [0.2, 0.25) is 0 Å². The zero-order valence-corrected chi connectivity index (χ0v) is 11.8. The Morgan fingerprint density at radius 3 is 2.95 bits per heavy atom. The van der Waals surface area contributed by atoms with E-state index in [0.29, 0.717) is 17.9 Å². The Morgan fingerprint density at radius 2 is 2.19 bits per heavy atom. The van der Waals surface area contributed by atoms with Gasteiger partial charge in [0.1, 0.15) is 5.75 Å². The van der Waals surface area contributed by atoms with E-state index in [-0.39, 0.29) is 18.3 Å². The van der Waals surface area contributed by atoms with E-state index < -0.39 is 0 Å². The summed E-state index contributed by atoms with van der Waals surface area (Å²) in [7, 11) is 1.82. The van der Waals surface area contributed by atoms with Gasteiger partial charge >= 0.3 is 0 Å². The summed E-state index contributed by atoms with van der Waals surface area (Å²) in [5.74, 6) is 0.516. The summed E-state index contributed by atoms with van der Waals surface area (Å²) in [6.45, 7) is -0.0232. The SMILES string of the molecule is Cn1cccc1C(=O)COc1ccc2c(c1)NC(=O)CC2. The average molecular weight is 284 g/mol. The highest BCUT2D eigenvalue weighted by Gasteiger charge is 2.16. The van der Waals surface area contributed by atoms with E-state index in [2.05, 4.69) is 5.32 Å². The number of Topliss-reactive ketones (excluding diaryl/α,β-unsaturated/α-hetero) is 1. The lowest BCUT2D eigenvalue weighted by molar-refractivity contribution is -0.116. The summed E-state index contributed by atoms with van der Waals surface area (Å²) >= 11 is 0. The number of ketones is 1. The van der Waals surface area contributed by atoms with Crippen molar-refractivity contribution in [3.05, 3.63) is 47.8 Å². The van der Waals surface area contributed by atoms with Crippen molar-refractivity contribution in [3.8, 4) is 5.75 Å². The van der Waals surface area contributed by atoms with Crippen molar-refractivity contribution in [1.29, 1.82) is 0 Å². The fraction of sp³-hybridized carbons (Fsp3) is 0.250. The Labute approximate surface area is 122 Å². The zero-order valence-electron chi connectivity index (χ0n) is 11.8. The first-order valence-electron chi connectivity index (χ1n) is 6.83. The first kappa shape index (κ1) is 13.4. The summed E-state index contributed by atoms with van der Waals surface area (Å²) in [4.78, 5) is 23.4. The van der Waals surface area contributed by atoms with Crippen LogP contribution in [0.4, 0.5) is 5.69 Å². The number of nitrogens with one attached hydrogen (secondary N) is 1. The third kappa shape index (κ3) is 2.81. The van der Waals surface area contributed by atoms with Crippen LogP contribution in [0.3, 0.4) is 0 Å². The molecule has 2 heterocycles. The third-order valence-corrected chi connectivity index (χ3v) is 3.58. The number of aryl methyl sites for hydroxylation is 2. The Morgan fingerprint density at radius 1 is 1.33 bits per heavy atom. The van der Waals surface area contributed by atoms with E-state index in [9.17, 15) is 9.59 Å². The molecule has 0 bridgehead atoms. The minimum atomic E-state index is -0.0794. The molecule has 0 saturated heterocycles. The monoisotopic (exact) mass is 284 g/mol. The molecule has 5 heteroatoms. The van der Waals surface area contributed by atoms with E-state index in [1.807, 2.05) is 31.4 Å². The van der Waals surface area contributed by atoms with Crippen LogP contribution in [0, 0.1) is 0 Å². The van der Waals surface area contributed by atoms with Crippen LogP contribution in [-0.4, -0.2) is 22.9 Å². The van der Waals surface area contributed by atoms with Gasteiger partial charge in [-0.2, -0.15) is 0 Å². The number of rotatable bonds is 4. The molecule has 0 aliphatic carbocycles. The quantitative estimate of drug-likeness (QED) is 0.875. The van der Waals surface area contributed by atoms with Crippen molar-refractivity contribution in [2.24, 2.45) is 7.05 Å². The van der Waals surface area contributed by atoms with E-state index in [4.69, 9.17) is 4.74 Å². The summed E-state index contributed by atoms with van der Waals surface area (Å²) in [6, 6.07) is 9.11. The molecule has 0 unspecified atom stereocenters. The highest BCUT2D eigenvalue weighted by molar-refractivity contribution is 5.96. The van der Waals surface area contributed by atoms with Gasteiger partial charge < -0.3 is 14.6 Å². The molecule has 1 amide bonds. The molecule has 1 N–H and O–H groups in total. The van der Waals surface area contributed by atoms with Crippen LogP contribution in [0.15, 0.2) is 36.5 Å². The molecule has 0 spiro atoms. The maximum Gasteiger partial charge on any atom is 0.224 e. The van der Waals surface area contributed by atoms with Crippen molar-refractivity contribution in [3.63, 3.8) is 0 Å².